The Morgan fingerprint density at radius 1 is 0.897 bits per heavy atom. The van der Waals surface area contributed by atoms with Crippen LogP contribution in [-0.2, 0) is 9.95 Å². The number of carbonyl (C=O) groups is 1. The highest BCUT2D eigenvalue weighted by molar-refractivity contribution is 7.67. The van der Waals surface area contributed by atoms with Gasteiger partial charge in [0, 0.05) is 11.2 Å². The SMILES string of the molecule is O=C(O)C=CCC1CCP(c2ccccc2)C1(c1ccccc1)c1ccccc1. The third-order valence-electron chi connectivity index (χ3n) is 5.89. The van der Waals surface area contributed by atoms with Crippen molar-refractivity contribution in [3.63, 3.8) is 0 Å². The van der Waals surface area contributed by atoms with Crippen LogP contribution in [0.5, 0.6) is 0 Å². The number of benzene rings is 3. The Balaban J connectivity index is 1.92. The topological polar surface area (TPSA) is 37.3 Å². The van der Waals surface area contributed by atoms with Gasteiger partial charge in [-0.3, -0.25) is 0 Å². The first-order valence-corrected chi connectivity index (χ1v) is 11.6. The van der Waals surface area contributed by atoms with Gasteiger partial charge in [0.15, 0.2) is 0 Å². The van der Waals surface area contributed by atoms with E-state index in [2.05, 4.69) is 91.0 Å². The molecule has 0 amide bonds. The van der Waals surface area contributed by atoms with Crippen molar-refractivity contribution in [1.29, 1.82) is 0 Å². The highest BCUT2D eigenvalue weighted by Crippen LogP contribution is 2.69. The Hall–Kier alpha value is -2.70. The second-order valence-electron chi connectivity index (χ2n) is 7.45. The minimum Gasteiger partial charge on any atom is -0.478 e. The van der Waals surface area contributed by atoms with Gasteiger partial charge in [0.1, 0.15) is 0 Å². The largest absolute Gasteiger partial charge is 0.478 e. The van der Waals surface area contributed by atoms with E-state index in [-0.39, 0.29) is 5.16 Å². The molecule has 3 aromatic rings. The quantitative estimate of drug-likeness (QED) is 0.420. The zero-order valence-electron chi connectivity index (χ0n) is 16.3. The first-order valence-electron chi connectivity index (χ1n) is 10.1. The molecular weight excluding hydrogens is 375 g/mol. The average Bonchev–Trinajstić information content (AvgIpc) is 3.15. The van der Waals surface area contributed by atoms with Crippen molar-refractivity contribution in [2.24, 2.45) is 5.92 Å². The standard InChI is InChI=1S/C26H25O2P/c27-25(28)18-10-15-23-19-20-29(24-16-8-3-9-17-24)26(23,21-11-4-1-5-12-21)22-13-6-2-7-14-22/h1-14,16-18,23H,15,19-20H2,(H,27,28). The number of hydrogen-bond acceptors (Lipinski definition) is 1. The molecule has 1 aliphatic rings. The summed E-state index contributed by atoms with van der Waals surface area (Å²) in [5.74, 6) is -0.521. The summed E-state index contributed by atoms with van der Waals surface area (Å²) >= 11 is 0. The monoisotopic (exact) mass is 400 g/mol. The molecule has 1 aliphatic heterocycles. The van der Waals surface area contributed by atoms with E-state index < -0.39 is 13.9 Å². The number of rotatable bonds is 6. The summed E-state index contributed by atoms with van der Waals surface area (Å²) in [6.45, 7) is 0. The molecule has 3 heteroatoms. The molecule has 0 aromatic heterocycles. The normalized spacial score (nSPS) is 20.7. The fourth-order valence-corrected chi connectivity index (χ4v) is 8.50. The van der Waals surface area contributed by atoms with E-state index in [1.165, 1.54) is 22.5 Å². The summed E-state index contributed by atoms with van der Waals surface area (Å²) in [5.41, 5.74) is 2.68. The van der Waals surface area contributed by atoms with Gasteiger partial charge < -0.3 is 5.11 Å². The summed E-state index contributed by atoms with van der Waals surface area (Å²) in [6.07, 6.45) is 6.14. The molecule has 2 unspecified atom stereocenters. The Bertz CT molecular complexity index is 928. The molecule has 2 atom stereocenters. The number of hydrogen-bond donors (Lipinski definition) is 1. The van der Waals surface area contributed by atoms with E-state index >= 15 is 0 Å². The molecule has 0 aliphatic carbocycles. The second kappa shape index (κ2) is 8.76. The van der Waals surface area contributed by atoms with E-state index in [1.54, 1.807) is 0 Å². The minimum absolute atomic E-state index is 0.123. The van der Waals surface area contributed by atoms with Gasteiger partial charge in [0.2, 0.25) is 0 Å². The number of carboxylic acid groups (broad SMARTS) is 1. The molecule has 0 bridgehead atoms. The molecule has 0 radical (unpaired) electrons. The van der Waals surface area contributed by atoms with E-state index in [0.717, 1.165) is 19.0 Å². The Morgan fingerprint density at radius 3 is 1.93 bits per heavy atom. The summed E-state index contributed by atoms with van der Waals surface area (Å²) in [7, 11) is -0.493. The molecule has 0 spiro atoms. The molecule has 2 nitrogen and oxygen atoms in total. The van der Waals surface area contributed by atoms with E-state index in [0.29, 0.717) is 5.92 Å². The fourth-order valence-electron chi connectivity index (χ4n) is 4.79. The molecule has 1 saturated heterocycles. The maximum atomic E-state index is 11.1. The molecule has 29 heavy (non-hydrogen) atoms. The number of allylic oxidation sites excluding steroid dienone is 1. The third kappa shape index (κ3) is 3.78. The molecule has 0 saturated carbocycles. The van der Waals surface area contributed by atoms with Crippen molar-refractivity contribution in [3.8, 4) is 0 Å². The molecule has 1 fully saturated rings. The van der Waals surface area contributed by atoms with Gasteiger partial charge >= 0.3 is 5.97 Å². The summed E-state index contributed by atoms with van der Waals surface area (Å²) < 4.78 is 0. The maximum absolute atomic E-state index is 11.1. The van der Waals surface area contributed by atoms with Gasteiger partial charge in [0.05, 0.1) is 0 Å². The second-order valence-corrected chi connectivity index (χ2v) is 9.97. The van der Waals surface area contributed by atoms with Crippen LogP contribution in [0.25, 0.3) is 0 Å². The van der Waals surface area contributed by atoms with E-state index in [9.17, 15) is 4.79 Å². The van der Waals surface area contributed by atoms with Crippen LogP contribution in [0.4, 0.5) is 0 Å². The van der Waals surface area contributed by atoms with Crippen molar-refractivity contribution in [1.82, 2.24) is 0 Å². The summed E-state index contributed by atoms with van der Waals surface area (Å²) in [4.78, 5) is 11.1. The molecule has 146 valence electrons. The van der Waals surface area contributed by atoms with Crippen LogP contribution in [0.2, 0.25) is 0 Å². The van der Waals surface area contributed by atoms with E-state index in [4.69, 9.17) is 5.11 Å². The van der Waals surface area contributed by atoms with Crippen LogP contribution in [0.3, 0.4) is 0 Å². The van der Waals surface area contributed by atoms with Crippen LogP contribution in [0, 0.1) is 5.92 Å². The van der Waals surface area contributed by atoms with Crippen molar-refractivity contribution in [3.05, 3.63) is 114 Å². The van der Waals surface area contributed by atoms with E-state index in [1.807, 2.05) is 6.08 Å². The lowest BCUT2D eigenvalue weighted by Crippen LogP contribution is -2.33. The Morgan fingerprint density at radius 2 is 1.41 bits per heavy atom. The Kier molecular flexibility index (Phi) is 5.92. The molecular formula is C26H25O2P. The lowest BCUT2D eigenvalue weighted by atomic mass is 9.77. The van der Waals surface area contributed by atoms with Crippen LogP contribution in [0.1, 0.15) is 24.0 Å². The van der Waals surface area contributed by atoms with Gasteiger partial charge in [0.25, 0.3) is 0 Å². The van der Waals surface area contributed by atoms with Crippen molar-refractivity contribution in [2.45, 2.75) is 18.0 Å². The Labute approximate surface area is 173 Å². The fraction of sp³-hybridized carbons (Fsp3) is 0.192. The smallest absolute Gasteiger partial charge is 0.327 e. The van der Waals surface area contributed by atoms with Crippen LogP contribution >= 0.6 is 7.92 Å². The lowest BCUT2D eigenvalue weighted by molar-refractivity contribution is -0.131. The van der Waals surface area contributed by atoms with Gasteiger partial charge in [-0.1, -0.05) is 105 Å². The van der Waals surface area contributed by atoms with Crippen LogP contribution < -0.4 is 5.30 Å². The predicted molar refractivity (Wildman–Crippen MR) is 121 cm³/mol. The third-order valence-corrected chi connectivity index (χ3v) is 9.25. The highest BCUT2D eigenvalue weighted by Gasteiger charge is 2.52. The van der Waals surface area contributed by atoms with Gasteiger partial charge in [-0.25, -0.2) is 4.79 Å². The first-order chi connectivity index (χ1) is 14.2. The zero-order chi connectivity index (χ0) is 20.1. The van der Waals surface area contributed by atoms with Crippen LogP contribution in [0.15, 0.2) is 103 Å². The van der Waals surface area contributed by atoms with Gasteiger partial charge in [-0.2, -0.15) is 0 Å². The average molecular weight is 400 g/mol. The molecule has 3 aromatic carbocycles. The van der Waals surface area contributed by atoms with Gasteiger partial charge in [-0.15, -0.1) is 0 Å². The number of carboxylic acids is 1. The highest BCUT2D eigenvalue weighted by atomic mass is 31.1. The van der Waals surface area contributed by atoms with Gasteiger partial charge in [-0.05, 0) is 41.4 Å². The van der Waals surface area contributed by atoms with Crippen molar-refractivity contribution >= 4 is 19.2 Å². The van der Waals surface area contributed by atoms with Crippen LogP contribution in [-0.4, -0.2) is 17.2 Å². The summed E-state index contributed by atoms with van der Waals surface area (Å²) in [6, 6.07) is 32.5. The van der Waals surface area contributed by atoms with Crippen molar-refractivity contribution in [2.75, 3.05) is 6.16 Å². The molecule has 1 heterocycles. The van der Waals surface area contributed by atoms with Crippen molar-refractivity contribution < 1.29 is 9.90 Å². The molecule has 4 rings (SSSR count). The summed E-state index contributed by atoms with van der Waals surface area (Å²) in [5, 5.41) is 10.4. The minimum atomic E-state index is -0.877. The number of aliphatic carboxylic acids is 1. The first kappa shape index (κ1) is 19.6. The lowest BCUT2D eigenvalue weighted by Gasteiger charge is -2.42. The maximum Gasteiger partial charge on any atom is 0.327 e. The zero-order valence-corrected chi connectivity index (χ0v) is 17.2. The predicted octanol–water partition coefficient (Wildman–Crippen LogP) is 5.79. The molecule has 1 N–H and O–H groups in total.